The first-order chi connectivity index (χ1) is 16.0. The van der Waals surface area contributed by atoms with E-state index in [1.54, 1.807) is 4.90 Å². The summed E-state index contributed by atoms with van der Waals surface area (Å²) in [7, 11) is 0. The van der Waals surface area contributed by atoms with Crippen LogP contribution in [0.25, 0.3) is 22.0 Å². The zero-order valence-corrected chi connectivity index (χ0v) is 18.1. The lowest BCUT2D eigenvalue weighted by Gasteiger charge is -2.37. The van der Waals surface area contributed by atoms with Gasteiger partial charge in [-0.25, -0.2) is 0 Å². The Labute approximate surface area is 191 Å². The summed E-state index contributed by atoms with van der Waals surface area (Å²) in [6, 6.07) is 25.2. The van der Waals surface area contributed by atoms with Crippen LogP contribution in [0.5, 0.6) is 0 Å². The number of para-hydroxylation sites is 1. The molecule has 2 N–H and O–H groups in total. The minimum absolute atomic E-state index is 0.0969. The fourth-order valence-corrected chi connectivity index (χ4v) is 5.31. The van der Waals surface area contributed by atoms with Gasteiger partial charge in [0.2, 0.25) is 0 Å². The maximum absolute atomic E-state index is 13.4. The molecule has 1 saturated heterocycles. The predicted octanol–water partition coefficient (Wildman–Crippen LogP) is 5.09. The SMILES string of the molecule is C/C(O)=C1\C(=O)[C@@H]2Cc3c([nH]c4ccccc34)[C@@H](c3ccc(-c4ccccc4)cc3)N2C1=O. The lowest BCUT2D eigenvalue weighted by atomic mass is 9.88. The quantitative estimate of drug-likeness (QED) is 0.262. The first-order valence-electron chi connectivity index (χ1n) is 11.1. The van der Waals surface area contributed by atoms with Gasteiger partial charge in [-0.2, -0.15) is 0 Å². The van der Waals surface area contributed by atoms with E-state index in [0.29, 0.717) is 6.42 Å². The van der Waals surface area contributed by atoms with Gasteiger partial charge in [0, 0.05) is 23.0 Å². The average molecular weight is 434 g/mol. The summed E-state index contributed by atoms with van der Waals surface area (Å²) < 4.78 is 0. The van der Waals surface area contributed by atoms with Crippen LogP contribution in [0.3, 0.4) is 0 Å². The molecular weight excluding hydrogens is 412 g/mol. The second kappa shape index (κ2) is 7.20. The first kappa shape index (κ1) is 19.6. The van der Waals surface area contributed by atoms with Gasteiger partial charge in [-0.05, 0) is 35.2 Å². The molecule has 1 amide bonds. The number of benzene rings is 3. The molecule has 5 heteroatoms. The normalized spacial score (nSPS) is 21.3. The Balaban J connectivity index is 1.53. The van der Waals surface area contributed by atoms with Crippen molar-refractivity contribution in [1.82, 2.24) is 9.88 Å². The van der Waals surface area contributed by atoms with Crippen molar-refractivity contribution in [2.75, 3.05) is 0 Å². The van der Waals surface area contributed by atoms with Crippen molar-refractivity contribution < 1.29 is 14.7 Å². The number of carbonyl (C=O) groups is 2. The van der Waals surface area contributed by atoms with Crippen molar-refractivity contribution in [1.29, 1.82) is 0 Å². The highest BCUT2D eigenvalue weighted by atomic mass is 16.3. The van der Waals surface area contributed by atoms with Gasteiger partial charge in [0.25, 0.3) is 5.91 Å². The van der Waals surface area contributed by atoms with Crippen LogP contribution < -0.4 is 0 Å². The van der Waals surface area contributed by atoms with E-state index in [4.69, 9.17) is 0 Å². The van der Waals surface area contributed by atoms with E-state index in [2.05, 4.69) is 17.1 Å². The number of nitrogens with zero attached hydrogens (tertiary/aromatic N) is 1. The topological polar surface area (TPSA) is 73.4 Å². The smallest absolute Gasteiger partial charge is 0.262 e. The number of rotatable bonds is 2. The minimum Gasteiger partial charge on any atom is -0.512 e. The van der Waals surface area contributed by atoms with Gasteiger partial charge in [0.05, 0.1) is 6.04 Å². The molecule has 0 radical (unpaired) electrons. The second-order valence-corrected chi connectivity index (χ2v) is 8.71. The molecule has 0 aliphatic carbocycles. The van der Waals surface area contributed by atoms with Crippen LogP contribution in [0.15, 0.2) is 90.2 Å². The maximum Gasteiger partial charge on any atom is 0.262 e. The third-order valence-electron chi connectivity index (χ3n) is 6.82. The molecule has 4 aromatic rings. The van der Waals surface area contributed by atoms with Crippen LogP contribution in [0.2, 0.25) is 0 Å². The largest absolute Gasteiger partial charge is 0.512 e. The number of Topliss-reactive ketones (excluding diaryl/α,β-unsaturated/α-hetero) is 1. The first-order valence-corrected chi connectivity index (χ1v) is 11.1. The van der Waals surface area contributed by atoms with Gasteiger partial charge in [-0.15, -0.1) is 0 Å². The number of H-pyrrole nitrogens is 1. The molecule has 0 unspecified atom stereocenters. The molecule has 5 nitrogen and oxygen atoms in total. The molecule has 0 spiro atoms. The molecule has 162 valence electrons. The van der Waals surface area contributed by atoms with Gasteiger partial charge in [0.15, 0.2) is 5.78 Å². The van der Waals surface area contributed by atoms with Gasteiger partial charge in [-0.3, -0.25) is 9.59 Å². The zero-order valence-electron chi connectivity index (χ0n) is 18.1. The number of hydrogen-bond donors (Lipinski definition) is 2. The fraction of sp³-hybridized carbons (Fsp3) is 0.143. The van der Waals surface area contributed by atoms with Crippen LogP contribution in [-0.2, 0) is 16.0 Å². The fourth-order valence-electron chi connectivity index (χ4n) is 5.31. The standard InChI is InChI=1S/C28H22N2O3/c1-16(31)24-27(32)23-15-21-20-9-5-6-10-22(20)29-25(21)26(30(23)28(24)33)19-13-11-18(12-14-19)17-7-3-2-4-8-17/h2-14,23,26,29,31H,15H2,1H3/b24-16-/t23-,26+/m0/s1. The second-order valence-electron chi connectivity index (χ2n) is 8.71. The van der Waals surface area contributed by atoms with E-state index in [1.165, 1.54) is 6.92 Å². The van der Waals surface area contributed by atoms with Gasteiger partial charge in [0.1, 0.15) is 17.4 Å². The zero-order chi connectivity index (χ0) is 22.7. The molecule has 3 aromatic carbocycles. The molecule has 2 aliphatic heterocycles. The number of hydrogen-bond acceptors (Lipinski definition) is 3. The van der Waals surface area contributed by atoms with E-state index in [0.717, 1.165) is 38.9 Å². The highest BCUT2D eigenvalue weighted by molar-refractivity contribution is 6.27. The van der Waals surface area contributed by atoms with Crippen molar-refractivity contribution >= 4 is 22.6 Å². The number of carbonyl (C=O) groups excluding carboxylic acids is 2. The Morgan fingerprint density at radius 2 is 1.58 bits per heavy atom. The Kier molecular flexibility index (Phi) is 4.27. The summed E-state index contributed by atoms with van der Waals surface area (Å²) in [5, 5.41) is 11.2. The van der Waals surface area contributed by atoms with E-state index in [9.17, 15) is 14.7 Å². The molecular formula is C28H22N2O3. The number of allylic oxidation sites excluding steroid dienone is 1. The molecule has 33 heavy (non-hydrogen) atoms. The van der Waals surface area contributed by atoms with Crippen LogP contribution in [0.4, 0.5) is 0 Å². The molecule has 2 aliphatic rings. The maximum atomic E-state index is 13.4. The average Bonchev–Trinajstić information content (AvgIpc) is 3.33. The van der Waals surface area contributed by atoms with Crippen LogP contribution in [0.1, 0.15) is 29.8 Å². The summed E-state index contributed by atoms with van der Waals surface area (Å²) in [6.07, 6.45) is 0.430. The van der Waals surface area contributed by atoms with Crippen LogP contribution >= 0.6 is 0 Å². The molecule has 0 saturated carbocycles. The van der Waals surface area contributed by atoms with Crippen molar-refractivity contribution in [2.45, 2.75) is 25.4 Å². The van der Waals surface area contributed by atoms with Crippen LogP contribution in [0, 0.1) is 0 Å². The van der Waals surface area contributed by atoms with E-state index in [1.807, 2.05) is 66.7 Å². The van der Waals surface area contributed by atoms with E-state index in [-0.39, 0.29) is 17.1 Å². The monoisotopic (exact) mass is 434 g/mol. The molecule has 1 fully saturated rings. The molecule has 1 aromatic heterocycles. The summed E-state index contributed by atoms with van der Waals surface area (Å²) in [5.41, 5.74) is 6.00. The molecule has 3 heterocycles. The molecule has 0 bridgehead atoms. The Bertz CT molecular complexity index is 1440. The minimum atomic E-state index is -0.625. The third-order valence-corrected chi connectivity index (χ3v) is 6.82. The number of aliphatic hydroxyl groups excluding tert-OH is 1. The summed E-state index contributed by atoms with van der Waals surface area (Å²) >= 11 is 0. The summed E-state index contributed by atoms with van der Waals surface area (Å²) in [6.45, 7) is 1.40. The Morgan fingerprint density at radius 3 is 2.30 bits per heavy atom. The van der Waals surface area contributed by atoms with Gasteiger partial charge in [-0.1, -0.05) is 72.8 Å². The Morgan fingerprint density at radius 1 is 0.909 bits per heavy atom. The Hall–Kier alpha value is -4.12. The van der Waals surface area contributed by atoms with Crippen molar-refractivity contribution in [3.05, 3.63) is 107 Å². The highest BCUT2D eigenvalue weighted by Gasteiger charge is 2.51. The number of fused-ring (bicyclic) bond motifs is 4. The van der Waals surface area contributed by atoms with Gasteiger partial charge >= 0.3 is 0 Å². The summed E-state index contributed by atoms with van der Waals surface area (Å²) in [4.78, 5) is 31.7. The number of amides is 1. The third kappa shape index (κ3) is 2.85. The van der Waals surface area contributed by atoms with E-state index >= 15 is 0 Å². The number of aromatic amines is 1. The predicted molar refractivity (Wildman–Crippen MR) is 127 cm³/mol. The number of nitrogens with one attached hydrogen (secondary N) is 1. The summed E-state index contributed by atoms with van der Waals surface area (Å²) in [5.74, 6) is -0.931. The molecule has 2 atom stereocenters. The number of aromatic nitrogens is 1. The van der Waals surface area contributed by atoms with Crippen molar-refractivity contribution in [2.24, 2.45) is 0 Å². The van der Waals surface area contributed by atoms with Crippen LogP contribution in [-0.4, -0.2) is 32.7 Å². The number of ketones is 1. The number of aliphatic hydroxyl groups is 1. The highest BCUT2D eigenvalue weighted by Crippen LogP contribution is 2.45. The van der Waals surface area contributed by atoms with Crippen molar-refractivity contribution in [3.8, 4) is 11.1 Å². The van der Waals surface area contributed by atoms with E-state index < -0.39 is 18.0 Å². The lowest BCUT2D eigenvalue weighted by molar-refractivity contribution is -0.129. The molecule has 6 rings (SSSR count). The van der Waals surface area contributed by atoms with Crippen molar-refractivity contribution in [3.63, 3.8) is 0 Å². The van der Waals surface area contributed by atoms with Gasteiger partial charge < -0.3 is 15.0 Å². The lowest BCUT2D eigenvalue weighted by Crippen LogP contribution is -2.44.